The lowest BCUT2D eigenvalue weighted by Crippen LogP contribution is -2.50. The number of carbonyl (C=O) groups excluding carboxylic acids is 1. The van der Waals surface area contributed by atoms with Crippen molar-refractivity contribution in [1.29, 1.82) is 0 Å². The van der Waals surface area contributed by atoms with E-state index in [-0.39, 0.29) is 17.1 Å². The number of hydrogen-bond donors (Lipinski definition) is 1. The summed E-state index contributed by atoms with van der Waals surface area (Å²) in [5, 5.41) is 14.3. The van der Waals surface area contributed by atoms with Crippen molar-refractivity contribution in [2.24, 2.45) is 17.3 Å². The third kappa shape index (κ3) is 4.04. The van der Waals surface area contributed by atoms with Gasteiger partial charge in [-0.05, 0) is 73.1 Å². The lowest BCUT2D eigenvalue weighted by Gasteiger charge is -2.54. The van der Waals surface area contributed by atoms with Crippen LogP contribution in [0.4, 0.5) is 0 Å². The molecule has 1 N–H and O–H groups in total. The van der Waals surface area contributed by atoms with Crippen LogP contribution in [0.1, 0.15) is 63.4 Å². The minimum atomic E-state index is -3.06. The predicted octanol–water partition coefficient (Wildman–Crippen LogP) is 7.14. The van der Waals surface area contributed by atoms with Crippen molar-refractivity contribution in [1.82, 2.24) is 0 Å². The fraction of sp³-hybridized carbons (Fsp3) is 0.342. The topological polar surface area (TPSA) is 54.4 Å². The smallest absolute Gasteiger partial charge is 0.171 e. The van der Waals surface area contributed by atoms with Crippen molar-refractivity contribution < 1.29 is 14.5 Å². The first-order chi connectivity index (χ1) is 20.3. The van der Waals surface area contributed by atoms with Crippen LogP contribution >= 0.6 is 7.14 Å². The molecular formula is C38H39O3P. The molecule has 0 aromatic heterocycles. The molecule has 1 unspecified atom stereocenters. The number of ketones is 1. The van der Waals surface area contributed by atoms with Crippen LogP contribution in [-0.2, 0) is 9.36 Å². The molecule has 7 rings (SSSR count). The lowest BCUT2D eigenvalue weighted by atomic mass is 9.51. The Bertz CT molecular complexity index is 1610. The Balaban J connectivity index is 1.36. The van der Waals surface area contributed by atoms with Crippen molar-refractivity contribution >= 4 is 28.8 Å². The molecule has 4 aliphatic carbocycles. The second-order valence-corrected chi connectivity index (χ2v) is 15.8. The van der Waals surface area contributed by atoms with Gasteiger partial charge in [-0.25, -0.2) is 0 Å². The largest absolute Gasteiger partial charge is 0.385 e. The third-order valence-corrected chi connectivity index (χ3v) is 14.3. The van der Waals surface area contributed by atoms with Gasteiger partial charge < -0.3 is 9.67 Å². The summed E-state index contributed by atoms with van der Waals surface area (Å²) in [4.78, 5) is 12.4. The Kier molecular flexibility index (Phi) is 6.68. The van der Waals surface area contributed by atoms with Crippen molar-refractivity contribution in [3.8, 4) is 0 Å². The van der Waals surface area contributed by atoms with E-state index in [2.05, 4.69) is 37.8 Å². The summed E-state index contributed by atoms with van der Waals surface area (Å²) in [6, 6.07) is 28.1. The van der Waals surface area contributed by atoms with E-state index in [1.54, 1.807) is 6.08 Å². The van der Waals surface area contributed by atoms with Gasteiger partial charge in [0, 0.05) is 33.7 Å². The Hall–Kier alpha value is -3.26. The van der Waals surface area contributed by atoms with Crippen LogP contribution < -0.4 is 15.9 Å². The maximum atomic E-state index is 15.0. The molecule has 0 spiro atoms. The minimum Gasteiger partial charge on any atom is -0.385 e. The van der Waals surface area contributed by atoms with Gasteiger partial charge >= 0.3 is 0 Å². The van der Waals surface area contributed by atoms with Crippen LogP contribution in [0.25, 0.3) is 0 Å². The second kappa shape index (κ2) is 10.2. The van der Waals surface area contributed by atoms with E-state index in [1.807, 2.05) is 66.7 Å². The van der Waals surface area contributed by atoms with Gasteiger partial charge in [0.05, 0.1) is 5.60 Å². The molecule has 2 fully saturated rings. The normalized spacial score (nSPS) is 30.7. The van der Waals surface area contributed by atoms with Gasteiger partial charge in [0.2, 0.25) is 0 Å². The zero-order valence-corrected chi connectivity index (χ0v) is 25.2. The summed E-state index contributed by atoms with van der Waals surface area (Å²) >= 11 is 0. The number of allylic oxidation sites excluding steroid dienone is 4. The average Bonchev–Trinajstić information content (AvgIpc) is 3.31. The van der Waals surface area contributed by atoms with Crippen LogP contribution in [0.15, 0.2) is 120 Å². The zero-order valence-electron chi connectivity index (χ0n) is 24.3. The Morgan fingerprint density at radius 3 is 2.10 bits per heavy atom. The average molecular weight is 575 g/mol. The van der Waals surface area contributed by atoms with Crippen LogP contribution in [0.2, 0.25) is 0 Å². The summed E-state index contributed by atoms with van der Waals surface area (Å²) in [5.74, 6) is 1.17. The van der Waals surface area contributed by atoms with E-state index in [4.69, 9.17) is 0 Å². The number of carbonyl (C=O) groups is 1. The molecular weight excluding hydrogens is 535 g/mol. The van der Waals surface area contributed by atoms with E-state index in [0.717, 1.165) is 54.4 Å². The summed E-state index contributed by atoms with van der Waals surface area (Å²) in [6.07, 6.45) is 9.66. The molecule has 2 saturated carbocycles. The van der Waals surface area contributed by atoms with E-state index >= 15 is 0 Å². The van der Waals surface area contributed by atoms with Gasteiger partial charge in [0.1, 0.15) is 0 Å². The van der Waals surface area contributed by atoms with Gasteiger partial charge in [0.15, 0.2) is 12.9 Å². The Morgan fingerprint density at radius 1 is 0.857 bits per heavy atom. The second-order valence-electron chi connectivity index (χ2n) is 13.0. The van der Waals surface area contributed by atoms with E-state index in [0.29, 0.717) is 18.3 Å². The monoisotopic (exact) mass is 574 g/mol. The zero-order chi connectivity index (χ0) is 29.1. The van der Waals surface area contributed by atoms with Crippen LogP contribution in [0.3, 0.4) is 0 Å². The summed E-state index contributed by atoms with van der Waals surface area (Å²) in [7, 11) is -3.06. The van der Waals surface area contributed by atoms with Crippen molar-refractivity contribution in [3.05, 3.63) is 126 Å². The van der Waals surface area contributed by atoms with Crippen LogP contribution in [-0.4, -0.2) is 16.5 Å². The number of fused-ring (bicyclic) bond motifs is 4. The van der Waals surface area contributed by atoms with Gasteiger partial charge in [-0.3, -0.25) is 4.79 Å². The van der Waals surface area contributed by atoms with Gasteiger partial charge in [-0.15, -0.1) is 6.58 Å². The number of aliphatic hydroxyl groups is 1. The SMILES string of the molecule is C=C[C@@]1(O)CC[C@H]2C3CCC4=CC(=O)CCC4=C3[C@@H](c3ccc(P(=O)(c4ccccc4)c4ccccc4)cc3)C[C@@]21C. The van der Waals surface area contributed by atoms with Crippen LogP contribution in [0.5, 0.6) is 0 Å². The fourth-order valence-electron chi connectivity index (χ4n) is 8.97. The van der Waals surface area contributed by atoms with Gasteiger partial charge in [-0.1, -0.05) is 104 Å². The standard InChI is InChI=1S/C38H39O3P/c1-3-38(40)23-22-35-33-20-16-27-24-28(39)17-21-32(27)36(33)34(25-37(35,38)2)26-14-18-31(19-15-26)42(41,29-10-6-4-7-11-29)30-12-8-5-9-13-30/h3-15,18-19,24,33-35,40H,1,16-17,20-23,25H2,2H3/t33?,34-,35+,37+,38-/m1/s1. The summed E-state index contributed by atoms with van der Waals surface area (Å²) in [5.41, 5.74) is 4.17. The molecule has 4 aliphatic rings. The molecule has 42 heavy (non-hydrogen) atoms. The number of benzene rings is 3. The highest BCUT2D eigenvalue weighted by atomic mass is 31.2. The van der Waals surface area contributed by atoms with E-state index < -0.39 is 12.7 Å². The minimum absolute atomic E-state index is 0.134. The quantitative estimate of drug-likeness (QED) is 0.260. The maximum absolute atomic E-state index is 15.0. The highest BCUT2D eigenvalue weighted by molar-refractivity contribution is 7.85. The molecule has 3 aromatic rings. The number of hydrogen-bond acceptors (Lipinski definition) is 3. The van der Waals surface area contributed by atoms with Gasteiger partial charge in [0.25, 0.3) is 0 Å². The fourth-order valence-corrected chi connectivity index (χ4v) is 11.6. The predicted molar refractivity (Wildman–Crippen MR) is 171 cm³/mol. The summed E-state index contributed by atoms with van der Waals surface area (Å²) < 4.78 is 15.0. The molecule has 0 saturated heterocycles. The first-order valence-corrected chi connectivity index (χ1v) is 17.1. The maximum Gasteiger partial charge on any atom is 0.171 e. The molecule has 3 aromatic carbocycles. The molecule has 0 radical (unpaired) electrons. The first-order valence-electron chi connectivity index (χ1n) is 15.4. The molecule has 3 nitrogen and oxygen atoms in total. The highest BCUT2D eigenvalue weighted by Crippen LogP contribution is 2.67. The van der Waals surface area contributed by atoms with E-state index in [1.165, 1.54) is 22.3 Å². The molecule has 5 atom stereocenters. The van der Waals surface area contributed by atoms with Crippen molar-refractivity contribution in [2.75, 3.05) is 0 Å². The molecule has 0 heterocycles. The lowest BCUT2D eigenvalue weighted by molar-refractivity contribution is -0.114. The van der Waals surface area contributed by atoms with Crippen LogP contribution in [0, 0.1) is 17.3 Å². The molecule has 0 aliphatic heterocycles. The molecule has 4 heteroatoms. The first kappa shape index (κ1) is 27.6. The highest BCUT2D eigenvalue weighted by Gasteiger charge is 2.61. The molecule has 0 amide bonds. The Morgan fingerprint density at radius 2 is 1.48 bits per heavy atom. The Labute approximate surface area is 249 Å². The molecule has 214 valence electrons. The van der Waals surface area contributed by atoms with Crippen molar-refractivity contribution in [2.45, 2.75) is 63.4 Å². The van der Waals surface area contributed by atoms with Gasteiger partial charge in [-0.2, -0.15) is 0 Å². The summed E-state index contributed by atoms with van der Waals surface area (Å²) in [6.45, 7) is 6.36. The third-order valence-electron chi connectivity index (χ3n) is 11.2. The van der Waals surface area contributed by atoms with Crippen molar-refractivity contribution in [3.63, 3.8) is 0 Å². The van der Waals surface area contributed by atoms with E-state index in [9.17, 15) is 14.5 Å². The molecule has 0 bridgehead atoms. The number of rotatable bonds is 5.